The second-order valence-corrected chi connectivity index (χ2v) is 6.49. The summed E-state index contributed by atoms with van der Waals surface area (Å²) in [7, 11) is 0. The third-order valence-corrected chi connectivity index (χ3v) is 4.56. The van der Waals surface area contributed by atoms with Crippen molar-refractivity contribution >= 4 is 34.9 Å². The van der Waals surface area contributed by atoms with E-state index in [4.69, 9.17) is 11.6 Å². The number of carbonyl (C=O) groups excluding carboxylic acids is 2. The molecule has 1 saturated heterocycles. The van der Waals surface area contributed by atoms with Gasteiger partial charge in [0.15, 0.2) is 0 Å². The first-order chi connectivity index (χ1) is 12.4. The van der Waals surface area contributed by atoms with Crippen LogP contribution in [0, 0.1) is 6.92 Å². The zero-order valence-electron chi connectivity index (χ0n) is 14.7. The highest BCUT2D eigenvalue weighted by Gasteiger charge is 2.21. The zero-order valence-corrected chi connectivity index (χ0v) is 15.5. The Morgan fingerprint density at radius 2 is 1.81 bits per heavy atom. The van der Waals surface area contributed by atoms with Crippen LogP contribution in [0.1, 0.15) is 23.2 Å². The molecule has 1 N–H and O–H groups in total. The number of nitrogens with zero attached hydrogens (tertiary/aromatic N) is 4. The first kappa shape index (κ1) is 18.1. The molecule has 1 aliphatic rings. The van der Waals surface area contributed by atoms with E-state index in [1.165, 1.54) is 0 Å². The van der Waals surface area contributed by atoms with E-state index in [1.807, 2.05) is 0 Å². The Balaban J connectivity index is 1.76. The Kier molecular flexibility index (Phi) is 5.37. The van der Waals surface area contributed by atoms with Crippen LogP contribution in [0.15, 0.2) is 30.3 Å². The Morgan fingerprint density at radius 3 is 2.46 bits per heavy atom. The molecule has 1 fully saturated rings. The average molecular weight is 374 g/mol. The molecule has 0 radical (unpaired) electrons. The summed E-state index contributed by atoms with van der Waals surface area (Å²) >= 11 is 6.09. The summed E-state index contributed by atoms with van der Waals surface area (Å²) < 4.78 is 0. The van der Waals surface area contributed by atoms with Crippen LogP contribution in [-0.4, -0.2) is 52.9 Å². The smallest absolute Gasteiger partial charge is 0.274 e. The predicted octanol–water partition coefficient (Wildman–Crippen LogP) is 2.36. The first-order valence-corrected chi connectivity index (χ1v) is 8.74. The van der Waals surface area contributed by atoms with Crippen molar-refractivity contribution in [2.75, 3.05) is 36.4 Å². The van der Waals surface area contributed by atoms with Gasteiger partial charge in [-0.15, -0.1) is 0 Å². The van der Waals surface area contributed by atoms with E-state index in [1.54, 1.807) is 49.1 Å². The number of amides is 2. The van der Waals surface area contributed by atoms with Crippen molar-refractivity contribution in [2.45, 2.75) is 13.8 Å². The molecular weight excluding hydrogens is 354 g/mol. The van der Waals surface area contributed by atoms with Gasteiger partial charge in [0.2, 0.25) is 5.91 Å². The summed E-state index contributed by atoms with van der Waals surface area (Å²) in [5.74, 6) is 0.932. The third kappa shape index (κ3) is 4.11. The molecule has 0 saturated carbocycles. The highest BCUT2D eigenvalue weighted by molar-refractivity contribution is 6.33. The number of carbonyl (C=O) groups is 2. The van der Waals surface area contributed by atoms with E-state index in [2.05, 4.69) is 20.2 Å². The standard InChI is InChI=1S/C18H20ClN5O2/c1-12-20-16(18(26)22-15-6-4-3-5-14(15)19)11-17(21-12)24-9-7-23(8-10-24)13(2)25/h3-6,11H,7-10H2,1-2H3,(H,22,26). The van der Waals surface area contributed by atoms with E-state index in [9.17, 15) is 9.59 Å². The Morgan fingerprint density at radius 1 is 1.12 bits per heavy atom. The molecule has 1 aromatic heterocycles. The normalized spacial score (nSPS) is 14.3. The molecule has 0 atom stereocenters. The maximum absolute atomic E-state index is 12.6. The maximum Gasteiger partial charge on any atom is 0.274 e. The van der Waals surface area contributed by atoms with Gasteiger partial charge in [-0.25, -0.2) is 9.97 Å². The van der Waals surface area contributed by atoms with Crippen LogP contribution >= 0.6 is 11.6 Å². The lowest BCUT2D eigenvalue weighted by Crippen LogP contribution is -2.48. The molecule has 2 aromatic rings. The van der Waals surface area contributed by atoms with Crippen molar-refractivity contribution in [2.24, 2.45) is 0 Å². The number of benzene rings is 1. The zero-order chi connectivity index (χ0) is 18.7. The molecule has 1 aliphatic heterocycles. The van der Waals surface area contributed by atoms with Crippen molar-refractivity contribution in [1.29, 1.82) is 0 Å². The Labute approximate surface area is 157 Å². The van der Waals surface area contributed by atoms with E-state index >= 15 is 0 Å². The number of aromatic nitrogens is 2. The van der Waals surface area contributed by atoms with E-state index < -0.39 is 0 Å². The summed E-state index contributed by atoms with van der Waals surface area (Å²) in [5, 5.41) is 3.24. The first-order valence-electron chi connectivity index (χ1n) is 8.36. The largest absolute Gasteiger partial charge is 0.353 e. The minimum atomic E-state index is -0.341. The molecule has 1 aromatic carbocycles. The lowest BCUT2D eigenvalue weighted by Gasteiger charge is -2.35. The highest BCUT2D eigenvalue weighted by Crippen LogP contribution is 2.22. The topological polar surface area (TPSA) is 78.4 Å². The minimum absolute atomic E-state index is 0.0725. The number of hydrogen-bond acceptors (Lipinski definition) is 5. The molecule has 136 valence electrons. The Bertz CT molecular complexity index is 834. The minimum Gasteiger partial charge on any atom is -0.353 e. The van der Waals surface area contributed by atoms with Crippen molar-refractivity contribution in [3.8, 4) is 0 Å². The number of halogens is 1. The Hall–Kier alpha value is -2.67. The van der Waals surface area contributed by atoms with Crippen LogP contribution < -0.4 is 10.2 Å². The van der Waals surface area contributed by atoms with Crippen LogP contribution in [-0.2, 0) is 4.79 Å². The molecule has 0 spiro atoms. The number of anilines is 2. The monoisotopic (exact) mass is 373 g/mol. The molecule has 0 aliphatic carbocycles. The van der Waals surface area contributed by atoms with Gasteiger partial charge in [0.05, 0.1) is 10.7 Å². The van der Waals surface area contributed by atoms with Crippen LogP contribution in [0.3, 0.4) is 0 Å². The van der Waals surface area contributed by atoms with Gasteiger partial charge in [-0.1, -0.05) is 23.7 Å². The molecule has 3 rings (SSSR count). The van der Waals surface area contributed by atoms with Gasteiger partial charge in [-0.05, 0) is 19.1 Å². The molecule has 2 amide bonds. The molecule has 8 heteroatoms. The average Bonchev–Trinajstić information content (AvgIpc) is 2.63. The second kappa shape index (κ2) is 7.70. The maximum atomic E-state index is 12.6. The predicted molar refractivity (Wildman–Crippen MR) is 101 cm³/mol. The van der Waals surface area contributed by atoms with Crippen molar-refractivity contribution in [3.05, 3.63) is 46.9 Å². The van der Waals surface area contributed by atoms with Crippen LogP contribution in [0.25, 0.3) is 0 Å². The highest BCUT2D eigenvalue weighted by atomic mass is 35.5. The number of rotatable bonds is 3. The summed E-state index contributed by atoms with van der Waals surface area (Å²) in [4.78, 5) is 36.6. The number of piperazine rings is 1. The van der Waals surface area contributed by atoms with E-state index in [0.717, 1.165) is 0 Å². The van der Waals surface area contributed by atoms with Gasteiger partial charge < -0.3 is 15.1 Å². The molecular formula is C18H20ClN5O2. The summed E-state index contributed by atoms with van der Waals surface area (Å²) in [6, 6.07) is 8.71. The van der Waals surface area contributed by atoms with Gasteiger partial charge >= 0.3 is 0 Å². The second-order valence-electron chi connectivity index (χ2n) is 6.09. The van der Waals surface area contributed by atoms with Gasteiger partial charge in [0.1, 0.15) is 17.3 Å². The van der Waals surface area contributed by atoms with E-state index in [-0.39, 0.29) is 17.5 Å². The fourth-order valence-electron chi connectivity index (χ4n) is 2.83. The molecule has 26 heavy (non-hydrogen) atoms. The third-order valence-electron chi connectivity index (χ3n) is 4.23. The fraction of sp³-hybridized carbons (Fsp3) is 0.333. The fourth-order valence-corrected chi connectivity index (χ4v) is 3.01. The van der Waals surface area contributed by atoms with Gasteiger partial charge in [-0.2, -0.15) is 0 Å². The number of para-hydroxylation sites is 1. The molecule has 0 unspecified atom stereocenters. The van der Waals surface area contributed by atoms with Crippen LogP contribution in [0.2, 0.25) is 5.02 Å². The number of aryl methyl sites for hydroxylation is 1. The number of hydrogen-bond donors (Lipinski definition) is 1. The molecule has 2 heterocycles. The van der Waals surface area contributed by atoms with E-state index in [0.29, 0.717) is 48.5 Å². The van der Waals surface area contributed by atoms with Gasteiger partial charge in [-0.3, -0.25) is 9.59 Å². The van der Waals surface area contributed by atoms with Gasteiger partial charge in [0.25, 0.3) is 5.91 Å². The molecule has 0 bridgehead atoms. The number of nitrogens with one attached hydrogen (secondary N) is 1. The SMILES string of the molecule is CC(=O)N1CCN(c2cc(C(=O)Nc3ccccc3Cl)nc(C)n2)CC1. The summed E-state index contributed by atoms with van der Waals surface area (Å²) in [6.07, 6.45) is 0. The van der Waals surface area contributed by atoms with Crippen molar-refractivity contribution in [1.82, 2.24) is 14.9 Å². The van der Waals surface area contributed by atoms with Crippen molar-refractivity contribution in [3.63, 3.8) is 0 Å². The quantitative estimate of drug-likeness (QED) is 0.893. The van der Waals surface area contributed by atoms with Crippen molar-refractivity contribution < 1.29 is 9.59 Å². The lowest BCUT2D eigenvalue weighted by atomic mass is 10.2. The van der Waals surface area contributed by atoms with Crippen LogP contribution in [0.5, 0.6) is 0 Å². The summed E-state index contributed by atoms with van der Waals surface area (Å²) in [5.41, 5.74) is 0.813. The lowest BCUT2D eigenvalue weighted by molar-refractivity contribution is -0.129. The molecule has 7 nitrogen and oxygen atoms in total. The van der Waals surface area contributed by atoms with Crippen LogP contribution in [0.4, 0.5) is 11.5 Å². The summed E-state index contributed by atoms with van der Waals surface area (Å²) in [6.45, 7) is 5.94. The van der Waals surface area contributed by atoms with Gasteiger partial charge in [0, 0.05) is 39.2 Å².